The van der Waals surface area contributed by atoms with Gasteiger partial charge in [-0.1, -0.05) is 35.5 Å². The van der Waals surface area contributed by atoms with Crippen molar-refractivity contribution in [1.82, 2.24) is 20.1 Å². The van der Waals surface area contributed by atoms with Crippen LogP contribution in [0.4, 0.5) is 0 Å². The predicted octanol–water partition coefficient (Wildman–Crippen LogP) is 1.80. The van der Waals surface area contributed by atoms with Gasteiger partial charge in [0, 0.05) is 11.8 Å². The monoisotopic (exact) mass is 254 g/mol. The van der Waals surface area contributed by atoms with E-state index in [-0.39, 0.29) is 17.0 Å². The van der Waals surface area contributed by atoms with Gasteiger partial charge in [-0.15, -0.1) is 0 Å². The molecule has 0 radical (unpaired) electrons. The van der Waals surface area contributed by atoms with Gasteiger partial charge in [0.1, 0.15) is 11.4 Å². The summed E-state index contributed by atoms with van der Waals surface area (Å²) in [5.74, 6) is 1.14. The van der Waals surface area contributed by atoms with Crippen LogP contribution in [0, 0.1) is 6.92 Å². The number of nitrogens with one attached hydrogen (secondary N) is 1. The molecule has 3 aromatic rings. The lowest BCUT2D eigenvalue weighted by Gasteiger charge is -1.94. The van der Waals surface area contributed by atoms with Crippen LogP contribution in [0.5, 0.6) is 0 Å². The molecule has 0 spiro atoms. The molecular weight excluding hydrogens is 244 g/mol. The minimum Gasteiger partial charge on any atom is -0.333 e. The molecule has 6 nitrogen and oxygen atoms in total. The standard InChI is InChI=1S/C13H10N4O2/c1-8-14-7-10(12(18)15-8)13-16-11(17-19-13)9-5-3-2-4-6-9/h2-7H,1H3,(H,14,15,18). The third-order valence-electron chi connectivity index (χ3n) is 2.61. The van der Waals surface area contributed by atoms with Crippen LogP contribution in [0.3, 0.4) is 0 Å². The summed E-state index contributed by atoms with van der Waals surface area (Å²) in [6, 6.07) is 9.40. The maximum absolute atomic E-state index is 11.8. The number of benzene rings is 1. The molecule has 94 valence electrons. The van der Waals surface area contributed by atoms with Crippen LogP contribution in [0.2, 0.25) is 0 Å². The Bertz CT molecular complexity index is 762. The molecule has 0 fully saturated rings. The Morgan fingerprint density at radius 2 is 2.00 bits per heavy atom. The smallest absolute Gasteiger partial charge is 0.265 e. The molecule has 0 aliphatic heterocycles. The minimum absolute atomic E-state index is 0.160. The zero-order valence-corrected chi connectivity index (χ0v) is 10.1. The molecule has 6 heteroatoms. The summed E-state index contributed by atoms with van der Waals surface area (Å²) in [5, 5.41) is 3.86. The molecule has 3 rings (SSSR count). The maximum atomic E-state index is 11.8. The molecule has 0 atom stereocenters. The van der Waals surface area contributed by atoms with E-state index >= 15 is 0 Å². The predicted molar refractivity (Wildman–Crippen MR) is 68.3 cm³/mol. The maximum Gasteiger partial charge on any atom is 0.265 e. The third kappa shape index (κ3) is 2.15. The van der Waals surface area contributed by atoms with Gasteiger partial charge in [-0.2, -0.15) is 4.98 Å². The molecule has 0 saturated carbocycles. The van der Waals surface area contributed by atoms with Crippen molar-refractivity contribution in [2.45, 2.75) is 6.92 Å². The normalized spacial score (nSPS) is 10.6. The van der Waals surface area contributed by atoms with E-state index in [1.165, 1.54) is 6.20 Å². The van der Waals surface area contributed by atoms with E-state index in [0.717, 1.165) is 5.56 Å². The van der Waals surface area contributed by atoms with Crippen molar-refractivity contribution in [3.8, 4) is 22.8 Å². The second-order valence-corrected chi connectivity index (χ2v) is 4.00. The molecule has 0 aliphatic rings. The first-order chi connectivity index (χ1) is 9.24. The third-order valence-corrected chi connectivity index (χ3v) is 2.61. The van der Waals surface area contributed by atoms with Crippen molar-refractivity contribution in [2.24, 2.45) is 0 Å². The molecule has 19 heavy (non-hydrogen) atoms. The van der Waals surface area contributed by atoms with Crippen molar-refractivity contribution in [2.75, 3.05) is 0 Å². The highest BCUT2D eigenvalue weighted by Gasteiger charge is 2.13. The zero-order valence-electron chi connectivity index (χ0n) is 10.1. The zero-order chi connectivity index (χ0) is 13.2. The number of aromatic amines is 1. The Hall–Kier alpha value is -2.76. The second-order valence-electron chi connectivity index (χ2n) is 4.00. The first-order valence-corrected chi connectivity index (χ1v) is 5.69. The number of rotatable bonds is 2. The summed E-state index contributed by atoms with van der Waals surface area (Å²) >= 11 is 0. The van der Waals surface area contributed by atoms with Crippen molar-refractivity contribution in [3.63, 3.8) is 0 Å². The van der Waals surface area contributed by atoms with E-state index in [4.69, 9.17) is 4.52 Å². The Labute approximate surface area is 108 Å². The van der Waals surface area contributed by atoms with Gasteiger partial charge in [-0.3, -0.25) is 4.79 Å². The fraction of sp³-hybridized carbons (Fsp3) is 0.0769. The highest BCUT2D eigenvalue weighted by molar-refractivity contribution is 5.58. The number of H-pyrrole nitrogens is 1. The lowest BCUT2D eigenvalue weighted by atomic mass is 10.2. The Morgan fingerprint density at radius 1 is 1.21 bits per heavy atom. The highest BCUT2D eigenvalue weighted by atomic mass is 16.5. The van der Waals surface area contributed by atoms with Gasteiger partial charge in [-0.05, 0) is 6.92 Å². The van der Waals surface area contributed by atoms with Crippen LogP contribution in [0.1, 0.15) is 5.82 Å². The SMILES string of the molecule is Cc1ncc(-c2nc(-c3ccccc3)no2)c(=O)[nH]1. The molecular formula is C13H10N4O2. The van der Waals surface area contributed by atoms with Gasteiger partial charge in [0.2, 0.25) is 5.82 Å². The largest absolute Gasteiger partial charge is 0.333 e. The summed E-state index contributed by atoms with van der Waals surface area (Å²) in [5.41, 5.74) is 0.796. The van der Waals surface area contributed by atoms with Crippen molar-refractivity contribution in [3.05, 3.63) is 52.7 Å². The number of aromatic nitrogens is 4. The van der Waals surface area contributed by atoms with E-state index in [1.807, 2.05) is 30.3 Å². The summed E-state index contributed by atoms with van der Waals surface area (Å²) in [6.07, 6.45) is 1.43. The molecule has 0 amide bonds. The quantitative estimate of drug-likeness (QED) is 0.753. The number of nitrogens with zero attached hydrogens (tertiary/aromatic N) is 3. The van der Waals surface area contributed by atoms with Crippen molar-refractivity contribution in [1.29, 1.82) is 0 Å². The van der Waals surface area contributed by atoms with Crippen LogP contribution in [-0.4, -0.2) is 20.1 Å². The molecule has 0 unspecified atom stereocenters. The van der Waals surface area contributed by atoms with E-state index in [2.05, 4.69) is 20.1 Å². The Morgan fingerprint density at radius 3 is 2.74 bits per heavy atom. The first kappa shape index (κ1) is 11.3. The van der Waals surface area contributed by atoms with Gasteiger partial charge in [-0.25, -0.2) is 4.98 Å². The van der Waals surface area contributed by atoms with Gasteiger partial charge in [0.15, 0.2) is 0 Å². The van der Waals surface area contributed by atoms with Gasteiger partial charge in [0.25, 0.3) is 11.4 Å². The van der Waals surface area contributed by atoms with Crippen molar-refractivity contribution >= 4 is 0 Å². The molecule has 0 aliphatic carbocycles. The average molecular weight is 254 g/mol. The van der Waals surface area contributed by atoms with E-state index in [9.17, 15) is 4.79 Å². The van der Waals surface area contributed by atoms with Crippen LogP contribution in [-0.2, 0) is 0 Å². The van der Waals surface area contributed by atoms with E-state index in [1.54, 1.807) is 6.92 Å². The number of aryl methyl sites for hydroxylation is 1. The van der Waals surface area contributed by atoms with Crippen LogP contribution in [0.25, 0.3) is 22.8 Å². The molecule has 2 aromatic heterocycles. The summed E-state index contributed by atoms with van der Waals surface area (Å²) in [4.78, 5) is 22.6. The van der Waals surface area contributed by atoms with Gasteiger partial charge in [0.05, 0.1) is 0 Å². The number of hydrogen-bond acceptors (Lipinski definition) is 5. The first-order valence-electron chi connectivity index (χ1n) is 5.69. The van der Waals surface area contributed by atoms with Crippen LogP contribution in [0.15, 0.2) is 45.8 Å². The Balaban J connectivity index is 2.04. The van der Waals surface area contributed by atoms with E-state index < -0.39 is 0 Å². The molecule has 0 saturated heterocycles. The lowest BCUT2D eigenvalue weighted by molar-refractivity contribution is 0.431. The van der Waals surface area contributed by atoms with Crippen molar-refractivity contribution < 1.29 is 4.52 Å². The molecule has 0 bridgehead atoms. The number of hydrogen-bond donors (Lipinski definition) is 1. The Kier molecular flexibility index (Phi) is 2.68. The summed E-state index contributed by atoms with van der Waals surface area (Å²) < 4.78 is 5.10. The minimum atomic E-state index is -0.296. The average Bonchev–Trinajstić information content (AvgIpc) is 2.89. The fourth-order valence-electron chi connectivity index (χ4n) is 1.67. The summed E-state index contributed by atoms with van der Waals surface area (Å²) in [7, 11) is 0. The van der Waals surface area contributed by atoms with Crippen LogP contribution >= 0.6 is 0 Å². The molecule has 1 aromatic carbocycles. The summed E-state index contributed by atoms with van der Waals surface area (Å²) in [6.45, 7) is 1.70. The van der Waals surface area contributed by atoms with Crippen LogP contribution < -0.4 is 5.56 Å². The van der Waals surface area contributed by atoms with Gasteiger partial charge < -0.3 is 9.51 Å². The topological polar surface area (TPSA) is 84.7 Å². The molecule has 2 heterocycles. The fourth-order valence-corrected chi connectivity index (χ4v) is 1.67. The molecule has 1 N–H and O–H groups in total. The highest BCUT2D eigenvalue weighted by Crippen LogP contribution is 2.19. The van der Waals surface area contributed by atoms with Gasteiger partial charge >= 0.3 is 0 Å². The van der Waals surface area contributed by atoms with E-state index in [0.29, 0.717) is 11.6 Å². The second kappa shape index (κ2) is 4.49. The lowest BCUT2D eigenvalue weighted by Crippen LogP contribution is -2.11.